The first-order valence-corrected chi connectivity index (χ1v) is 6.38. The molecule has 0 atom stereocenters. The maximum atomic E-state index is 14.1. The van der Waals surface area contributed by atoms with E-state index in [0.29, 0.717) is 36.7 Å². The van der Waals surface area contributed by atoms with Crippen molar-refractivity contribution in [3.8, 4) is 6.07 Å². The molecule has 0 aliphatic heterocycles. The molecule has 0 aliphatic rings. The number of ketones is 1. The first kappa shape index (κ1) is 15.2. The van der Waals surface area contributed by atoms with Gasteiger partial charge in [0, 0.05) is 18.7 Å². The third-order valence-electron chi connectivity index (χ3n) is 2.77. The lowest BCUT2D eigenvalue weighted by atomic mass is 10.1. The van der Waals surface area contributed by atoms with E-state index in [1.165, 1.54) is 13.0 Å². The van der Waals surface area contributed by atoms with E-state index in [1.54, 1.807) is 12.1 Å². The van der Waals surface area contributed by atoms with Crippen LogP contribution in [-0.4, -0.2) is 18.9 Å². The molecule has 0 aromatic heterocycles. The number of hydrogen-bond donors (Lipinski definition) is 0. The van der Waals surface area contributed by atoms with E-state index in [2.05, 4.69) is 6.07 Å². The van der Waals surface area contributed by atoms with Crippen LogP contribution in [0.1, 0.15) is 37.6 Å². The van der Waals surface area contributed by atoms with Crippen molar-refractivity contribution >= 4 is 11.5 Å². The molecule has 0 unspecified atom stereocenters. The molecule has 0 heterocycles. The van der Waals surface area contributed by atoms with Gasteiger partial charge in [0.1, 0.15) is 5.82 Å². The van der Waals surface area contributed by atoms with Crippen molar-refractivity contribution in [3.63, 3.8) is 0 Å². The van der Waals surface area contributed by atoms with Crippen molar-refractivity contribution < 1.29 is 9.18 Å². The molecule has 0 saturated carbocycles. The van der Waals surface area contributed by atoms with Crippen LogP contribution in [-0.2, 0) is 0 Å². The minimum absolute atomic E-state index is 0.155. The maximum Gasteiger partial charge on any atom is 0.159 e. The quantitative estimate of drug-likeness (QED) is 0.738. The number of Topliss-reactive ketones (excluding diaryl/α,β-unsaturated/α-hetero) is 1. The molecule has 0 fully saturated rings. The Morgan fingerprint density at radius 1 is 1.47 bits per heavy atom. The monoisotopic (exact) mass is 262 g/mol. The molecule has 0 bridgehead atoms. The van der Waals surface area contributed by atoms with Crippen LogP contribution in [0.3, 0.4) is 0 Å². The molecule has 0 radical (unpaired) electrons. The SMILES string of the molecule is CC(=O)c1ccc(N(CCC#N)CC(C)C)c(F)c1. The molecule has 1 rings (SSSR count). The number of benzene rings is 1. The van der Waals surface area contributed by atoms with Gasteiger partial charge in [-0.05, 0) is 31.0 Å². The van der Waals surface area contributed by atoms with Gasteiger partial charge in [-0.25, -0.2) is 4.39 Å². The van der Waals surface area contributed by atoms with Crippen LogP contribution >= 0.6 is 0 Å². The highest BCUT2D eigenvalue weighted by Gasteiger charge is 2.14. The molecule has 4 heteroatoms. The zero-order valence-corrected chi connectivity index (χ0v) is 11.6. The Hall–Kier alpha value is -1.89. The maximum absolute atomic E-state index is 14.1. The van der Waals surface area contributed by atoms with Gasteiger partial charge in [-0.3, -0.25) is 4.79 Å². The second kappa shape index (κ2) is 6.89. The van der Waals surface area contributed by atoms with E-state index >= 15 is 0 Å². The lowest BCUT2D eigenvalue weighted by Gasteiger charge is -2.26. The van der Waals surface area contributed by atoms with Crippen LogP contribution in [0, 0.1) is 23.1 Å². The summed E-state index contributed by atoms with van der Waals surface area (Å²) in [6.07, 6.45) is 0.348. The summed E-state index contributed by atoms with van der Waals surface area (Å²) in [5.41, 5.74) is 0.819. The van der Waals surface area contributed by atoms with Crippen LogP contribution in [0.4, 0.5) is 10.1 Å². The van der Waals surface area contributed by atoms with Gasteiger partial charge >= 0.3 is 0 Å². The lowest BCUT2D eigenvalue weighted by molar-refractivity contribution is 0.101. The van der Waals surface area contributed by atoms with Gasteiger partial charge in [-0.15, -0.1) is 0 Å². The molecule has 0 spiro atoms. The molecule has 19 heavy (non-hydrogen) atoms. The third kappa shape index (κ3) is 4.36. The summed E-state index contributed by atoms with van der Waals surface area (Å²) in [5.74, 6) is -0.199. The summed E-state index contributed by atoms with van der Waals surface area (Å²) in [7, 11) is 0. The van der Waals surface area contributed by atoms with Crippen molar-refractivity contribution in [1.82, 2.24) is 0 Å². The average molecular weight is 262 g/mol. The second-order valence-corrected chi connectivity index (χ2v) is 4.97. The Labute approximate surface area is 113 Å². The molecule has 0 saturated heterocycles. The van der Waals surface area contributed by atoms with Gasteiger partial charge in [0.05, 0.1) is 18.2 Å². The summed E-state index contributed by atoms with van der Waals surface area (Å²) in [4.78, 5) is 13.1. The predicted molar refractivity (Wildman–Crippen MR) is 73.7 cm³/mol. The lowest BCUT2D eigenvalue weighted by Crippen LogP contribution is -2.29. The Bertz CT molecular complexity index is 491. The Morgan fingerprint density at radius 3 is 2.63 bits per heavy atom. The van der Waals surface area contributed by atoms with Crippen LogP contribution in [0.25, 0.3) is 0 Å². The average Bonchev–Trinajstić information content (AvgIpc) is 2.34. The summed E-state index contributed by atoms with van der Waals surface area (Å²) < 4.78 is 14.1. The van der Waals surface area contributed by atoms with Crippen LogP contribution in [0.15, 0.2) is 18.2 Å². The summed E-state index contributed by atoms with van der Waals surface area (Å²) in [5, 5.41) is 8.67. The van der Waals surface area contributed by atoms with Gasteiger partial charge in [-0.1, -0.05) is 13.8 Å². The summed E-state index contributed by atoms with van der Waals surface area (Å²) in [6.45, 7) is 6.67. The molecule has 1 aromatic carbocycles. The number of nitriles is 1. The number of halogens is 1. The first-order chi connectivity index (χ1) is 8.95. The van der Waals surface area contributed by atoms with E-state index in [1.807, 2.05) is 18.7 Å². The molecule has 102 valence electrons. The first-order valence-electron chi connectivity index (χ1n) is 6.38. The molecular formula is C15H19FN2O. The van der Waals surface area contributed by atoms with Gasteiger partial charge in [0.15, 0.2) is 5.78 Å². The number of carbonyl (C=O) groups is 1. The smallest absolute Gasteiger partial charge is 0.159 e. The fourth-order valence-corrected chi connectivity index (χ4v) is 1.92. The van der Waals surface area contributed by atoms with Gasteiger partial charge < -0.3 is 4.90 Å². The highest BCUT2D eigenvalue weighted by molar-refractivity contribution is 5.94. The standard InChI is InChI=1S/C15H19FN2O/c1-11(2)10-18(8-4-7-17)15-6-5-13(12(3)19)9-14(15)16/h5-6,9,11H,4,8,10H2,1-3H3. The van der Waals surface area contributed by atoms with Crippen LogP contribution < -0.4 is 4.90 Å². The van der Waals surface area contributed by atoms with Gasteiger partial charge in [-0.2, -0.15) is 5.26 Å². The van der Waals surface area contributed by atoms with E-state index in [9.17, 15) is 9.18 Å². The molecule has 0 aliphatic carbocycles. The van der Waals surface area contributed by atoms with Gasteiger partial charge in [0.2, 0.25) is 0 Å². The fourth-order valence-electron chi connectivity index (χ4n) is 1.92. The van der Waals surface area contributed by atoms with Crippen molar-refractivity contribution in [1.29, 1.82) is 5.26 Å². The minimum atomic E-state index is -0.411. The molecule has 3 nitrogen and oxygen atoms in total. The Morgan fingerprint density at radius 2 is 2.16 bits per heavy atom. The second-order valence-electron chi connectivity index (χ2n) is 4.97. The predicted octanol–water partition coefficient (Wildman–Crippen LogP) is 3.40. The molecular weight excluding hydrogens is 243 g/mol. The van der Waals surface area contributed by atoms with E-state index in [0.717, 1.165) is 0 Å². The molecule has 1 aromatic rings. The number of hydrogen-bond acceptors (Lipinski definition) is 3. The fraction of sp³-hybridized carbons (Fsp3) is 0.467. The zero-order chi connectivity index (χ0) is 14.4. The van der Waals surface area contributed by atoms with E-state index in [4.69, 9.17) is 5.26 Å². The highest BCUT2D eigenvalue weighted by atomic mass is 19.1. The number of carbonyl (C=O) groups excluding carboxylic acids is 1. The summed E-state index contributed by atoms with van der Waals surface area (Å²) in [6, 6.07) is 6.58. The van der Waals surface area contributed by atoms with E-state index in [-0.39, 0.29) is 5.78 Å². The van der Waals surface area contributed by atoms with Crippen molar-refractivity contribution in [2.75, 3.05) is 18.0 Å². The third-order valence-corrected chi connectivity index (χ3v) is 2.77. The minimum Gasteiger partial charge on any atom is -0.368 e. The van der Waals surface area contributed by atoms with Crippen molar-refractivity contribution in [2.45, 2.75) is 27.2 Å². The molecule has 0 amide bonds. The van der Waals surface area contributed by atoms with Crippen molar-refractivity contribution in [3.05, 3.63) is 29.6 Å². The van der Waals surface area contributed by atoms with Crippen LogP contribution in [0.5, 0.6) is 0 Å². The molecule has 0 N–H and O–H groups in total. The number of anilines is 1. The van der Waals surface area contributed by atoms with E-state index < -0.39 is 5.82 Å². The largest absolute Gasteiger partial charge is 0.368 e. The van der Waals surface area contributed by atoms with Crippen LogP contribution in [0.2, 0.25) is 0 Å². The normalized spacial score (nSPS) is 10.3. The highest BCUT2D eigenvalue weighted by Crippen LogP contribution is 2.22. The zero-order valence-electron chi connectivity index (χ0n) is 11.6. The Balaban J connectivity index is 3.01. The van der Waals surface area contributed by atoms with Gasteiger partial charge in [0.25, 0.3) is 0 Å². The summed E-state index contributed by atoms with van der Waals surface area (Å²) >= 11 is 0. The Kier molecular flexibility index (Phi) is 5.50. The van der Waals surface area contributed by atoms with Crippen molar-refractivity contribution in [2.24, 2.45) is 5.92 Å². The number of nitrogens with zero attached hydrogens (tertiary/aromatic N) is 2. The topological polar surface area (TPSA) is 44.1 Å². The number of rotatable bonds is 6.